The Hall–Kier alpha value is -1.40. The van der Waals surface area contributed by atoms with Crippen molar-refractivity contribution in [2.45, 2.75) is 45.1 Å². The lowest BCUT2D eigenvalue weighted by Gasteiger charge is -2.29. The maximum Gasteiger partial charge on any atom is 0.224 e. The first-order valence-electron chi connectivity index (χ1n) is 9.51. The molecule has 136 valence electrons. The summed E-state index contributed by atoms with van der Waals surface area (Å²) in [6, 6.07) is 13.4. The fourth-order valence-electron chi connectivity index (χ4n) is 4.27. The van der Waals surface area contributed by atoms with Crippen molar-refractivity contribution < 1.29 is 4.79 Å². The van der Waals surface area contributed by atoms with Gasteiger partial charge in [-0.1, -0.05) is 18.2 Å². The Balaban J connectivity index is 1.70. The molecule has 4 rings (SSSR count). The number of anilines is 1. The lowest BCUT2D eigenvalue weighted by atomic mass is 9.86. The highest BCUT2D eigenvalue weighted by molar-refractivity contribution is 14.1. The molecule has 2 heterocycles. The molecule has 0 aliphatic carbocycles. The molecule has 2 aromatic rings. The van der Waals surface area contributed by atoms with E-state index in [0.29, 0.717) is 12.5 Å². The smallest absolute Gasteiger partial charge is 0.224 e. The summed E-state index contributed by atoms with van der Waals surface area (Å²) in [4.78, 5) is 14.3. The van der Waals surface area contributed by atoms with E-state index in [4.69, 9.17) is 0 Å². The van der Waals surface area contributed by atoms with E-state index in [2.05, 4.69) is 64.3 Å². The van der Waals surface area contributed by atoms with Crippen LogP contribution in [0.4, 0.5) is 5.69 Å². The first-order chi connectivity index (χ1) is 12.6. The van der Waals surface area contributed by atoms with Crippen molar-refractivity contribution in [1.29, 1.82) is 0 Å². The molecule has 26 heavy (non-hydrogen) atoms. The number of nitrogens with one attached hydrogen (secondary N) is 1. The van der Waals surface area contributed by atoms with Crippen LogP contribution in [0.5, 0.6) is 0 Å². The molecule has 2 aliphatic rings. The summed E-state index contributed by atoms with van der Waals surface area (Å²) in [6.45, 7) is 4.58. The predicted molar refractivity (Wildman–Crippen MR) is 115 cm³/mol. The van der Waals surface area contributed by atoms with E-state index >= 15 is 0 Å². The van der Waals surface area contributed by atoms with E-state index in [1.165, 1.54) is 38.7 Å². The largest absolute Gasteiger partial charge is 0.317 e. The maximum atomic E-state index is 12.4. The third-order valence-corrected chi connectivity index (χ3v) is 6.42. The molecule has 0 atom stereocenters. The van der Waals surface area contributed by atoms with Crippen LogP contribution in [-0.2, 0) is 24.2 Å². The predicted octanol–water partition coefficient (Wildman–Crippen LogP) is 4.41. The van der Waals surface area contributed by atoms with Crippen LogP contribution in [0.25, 0.3) is 0 Å². The zero-order valence-electron chi connectivity index (χ0n) is 15.2. The molecular weight excluding hydrogens is 435 g/mol. The van der Waals surface area contributed by atoms with E-state index < -0.39 is 0 Å². The first-order valence-corrected chi connectivity index (χ1v) is 10.6. The number of halogens is 1. The molecule has 0 spiro atoms. The molecule has 1 saturated heterocycles. The minimum Gasteiger partial charge on any atom is -0.317 e. The van der Waals surface area contributed by atoms with Gasteiger partial charge in [-0.15, -0.1) is 0 Å². The van der Waals surface area contributed by atoms with Crippen molar-refractivity contribution in [3.63, 3.8) is 0 Å². The first kappa shape index (κ1) is 18.0. The van der Waals surface area contributed by atoms with Gasteiger partial charge in [0.2, 0.25) is 5.91 Å². The van der Waals surface area contributed by atoms with E-state index in [-0.39, 0.29) is 5.91 Å². The molecule has 0 aromatic heterocycles. The van der Waals surface area contributed by atoms with Gasteiger partial charge in [0.1, 0.15) is 0 Å². The lowest BCUT2D eigenvalue weighted by molar-refractivity contribution is -0.116. The third-order valence-electron chi connectivity index (χ3n) is 5.75. The van der Waals surface area contributed by atoms with Gasteiger partial charge < -0.3 is 10.2 Å². The Morgan fingerprint density at radius 3 is 2.58 bits per heavy atom. The molecule has 1 amide bonds. The number of rotatable bonds is 1. The zero-order chi connectivity index (χ0) is 18.1. The number of carbonyl (C=O) groups is 1. The number of hydrogen-bond donors (Lipinski definition) is 1. The van der Waals surface area contributed by atoms with E-state index in [1.54, 1.807) is 6.92 Å². The Bertz CT molecular complexity index is 827. The van der Waals surface area contributed by atoms with Crippen molar-refractivity contribution in [2.24, 2.45) is 0 Å². The summed E-state index contributed by atoms with van der Waals surface area (Å²) in [6.07, 6.45) is 4.48. The Morgan fingerprint density at radius 1 is 1.04 bits per heavy atom. The Morgan fingerprint density at radius 2 is 1.81 bits per heavy atom. The summed E-state index contributed by atoms with van der Waals surface area (Å²) >= 11 is 2.36. The van der Waals surface area contributed by atoms with Gasteiger partial charge in [-0.25, -0.2) is 0 Å². The number of amides is 1. The van der Waals surface area contributed by atoms with Gasteiger partial charge in [-0.3, -0.25) is 4.79 Å². The summed E-state index contributed by atoms with van der Waals surface area (Å²) in [5, 5.41) is 3.45. The molecule has 2 aliphatic heterocycles. The molecule has 2 aromatic carbocycles. The Labute approximate surface area is 169 Å². The molecule has 0 bridgehead atoms. The van der Waals surface area contributed by atoms with E-state index in [0.717, 1.165) is 31.6 Å². The number of aryl methyl sites for hydroxylation is 2. The van der Waals surface area contributed by atoms with Crippen LogP contribution in [0.3, 0.4) is 0 Å². The second-order valence-corrected chi connectivity index (χ2v) is 8.68. The van der Waals surface area contributed by atoms with Crippen LogP contribution in [0, 0.1) is 3.57 Å². The van der Waals surface area contributed by atoms with Gasteiger partial charge in [0.25, 0.3) is 0 Å². The van der Waals surface area contributed by atoms with Crippen molar-refractivity contribution >= 4 is 34.2 Å². The minimum atomic E-state index is 0.114. The van der Waals surface area contributed by atoms with Crippen molar-refractivity contribution in [1.82, 2.24) is 5.32 Å². The van der Waals surface area contributed by atoms with Crippen LogP contribution < -0.4 is 10.2 Å². The van der Waals surface area contributed by atoms with Crippen molar-refractivity contribution in [3.05, 3.63) is 62.2 Å². The van der Waals surface area contributed by atoms with E-state index in [1.807, 2.05) is 4.90 Å². The highest BCUT2D eigenvalue weighted by atomic mass is 127. The van der Waals surface area contributed by atoms with Gasteiger partial charge in [-0.05, 0) is 108 Å². The van der Waals surface area contributed by atoms with Gasteiger partial charge in [0, 0.05) is 16.2 Å². The number of nitrogens with zero attached hydrogens (tertiary/aromatic N) is 1. The number of fused-ring (bicyclic) bond motifs is 2. The molecule has 0 radical (unpaired) electrons. The van der Waals surface area contributed by atoms with Gasteiger partial charge in [0.05, 0.1) is 6.54 Å². The average molecular weight is 460 g/mol. The summed E-state index contributed by atoms with van der Waals surface area (Å²) in [7, 11) is 0. The molecule has 0 saturated carbocycles. The fourth-order valence-corrected chi connectivity index (χ4v) is 4.82. The molecular formula is C22H25IN2O. The molecule has 1 fully saturated rings. The Kier molecular flexibility index (Phi) is 5.32. The number of hydrogen-bond acceptors (Lipinski definition) is 2. The molecule has 1 N–H and O–H groups in total. The van der Waals surface area contributed by atoms with Crippen molar-refractivity contribution in [2.75, 3.05) is 18.0 Å². The molecule has 4 heteroatoms. The second kappa shape index (κ2) is 7.69. The average Bonchev–Trinajstić information content (AvgIpc) is 2.64. The fraction of sp³-hybridized carbons (Fsp3) is 0.409. The van der Waals surface area contributed by atoms with Crippen LogP contribution in [0.2, 0.25) is 0 Å². The quantitative estimate of drug-likeness (QED) is 0.640. The second-order valence-electron chi connectivity index (χ2n) is 7.43. The van der Waals surface area contributed by atoms with Crippen LogP contribution in [-0.4, -0.2) is 19.0 Å². The summed E-state index contributed by atoms with van der Waals surface area (Å²) in [5.74, 6) is 0.784. The number of benzene rings is 2. The number of carbonyl (C=O) groups excluding carboxylic acids is 1. The van der Waals surface area contributed by atoms with Gasteiger partial charge in [-0.2, -0.15) is 0 Å². The van der Waals surface area contributed by atoms with Crippen LogP contribution in [0.1, 0.15) is 47.9 Å². The summed E-state index contributed by atoms with van der Waals surface area (Å²) in [5.41, 5.74) is 6.54. The maximum absolute atomic E-state index is 12.4. The van der Waals surface area contributed by atoms with E-state index in [9.17, 15) is 4.79 Å². The van der Waals surface area contributed by atoms with Crippen molar-refractivity contribution in [3.8, 4) is 0 Å². The zero-order valence-corrected chi connectivity index (χ0v) is 17.4. The van der Waals surface area contributed by atoms with Gasteiger partial charge in [0.15, 0.2) is 0 Å². The third kappa shape index (κ3) is 3.67. The van der Waals surface area contributed by atoms with Crippen LogP contribution in [0.15, 0.2) is 36.4 Å². The highest BCUT2D eigenvalue weighted by Crippen LogP contribution is 2.32. The van der Waals surface area contributed by atoms with Crippen LogP contribution >= 0.6 is 22.6 Å². The monoisotopic (exact) mass is 460 g/mol. The molecule has 0 unspecified atom stereocenters. The summed E-state index contributed by atoms with van der Waals surface area (Å²) < 4.78 is 1.23. The topological polar surface area (TPSA) is 32.3 Å². The SMILES string of the molecule is CC(=O)N1Cc2ccc(C3CCNCC3)cc2CCc2cc(I)ccc21. The lowest BCUT2D eigenvalue weighted by Crippen LogP contribution is -2.30. The minimum absolute atomic E-state index is 0.114. The number of piperidine rings is 1. The highest BCUT2D eigenvalue weighted by Gasteiger charge is 2.22. The normalized spacial score (nSPS) is 17.8. The molecule has 3 nitrogen and oxygen atoms in total. The standard InChI is InChI=1S/C22H25IN2O/c1-15(26)25-14-20-5-3-17(16-8-10-24-11-9-16)12-18(20)2-4-19-13-21(23)6-7-22(19)25/h3,5-7,12-13,16,24H,2,4,8-11,14H2,1H3. The van der Waals surface area contributed by atoms with Gasteiger partial charge >= 0.3 is 0 Å².